The number of hydrogen-bond donors (Lipinski definition) is 1. The third kappa shape index (κ3) is 4.16. The number of para-hydroxylation sites is 1. The average molecular weight is 418 g/mol. The Balaban J connectivity index is 1.58. The van der Waals surface area contributed by atoms with Crippen molar-refractivity contribution < 1.29 is 9.53 Å². The highest BCUT2D eigenvalue weighted by Crippen LogP contribution is 2.46. The van der Waals surface area contributed by atoms with Gasteiger partial charge in [0.05, 0.1) is 5.02 Å². The van der Waals surface area contributed by atoms with Crippen molar-refractivity contribution in [3.05, 3.63) is 69.8 Å². The molecule has 7 heteroatoms. The second kappa shape index (κ2) is 8.25. The topological polar surface area (TPSA) is 53.9 Å². The smallest absolute Gasteiger partial charge is 0.277 e. The van der Waals surface area contributed by atoms with E-state index in [0.29, 0.717) is 15.8 Å². The minimum Gasteiger partial charge on any atom is -0.482 e. The molecule has 5 nitrogen and oxygen atoms in total. The molecule has 1 N–H and O–H groups in total. The van der Waals surface area contributed by atoms with Crippen LogP contribution in [0.4, 0.5) is 5.69 Å². The van der Waals surface area contributed by atoms with E-state index in [-0.39, 0.29) is 17.9 Å². The molecule has 2 aromatic carbocycles. The summed E-state index contributed by atoms with van der Waals surface area (Å²) in [6, 6.07) is 13.1. The van der Waals surface area contributed by atoms with Crippen LogP contribution in [0, 0.1) is 0 Å². The van der Waals surface area contributed by atoms with Gasteiger partial charge in [-0.05, 0) is 35.9 Å². The van der Waals surface area contributed by atoms with Gasteiger partial charge in [-0.25, -0.2) is 5.43 Å². The van der Waals surface area contributed by atoms with E-state index in [1.54, 1.807) is 24.4 Å². The number of nitrogens with one attached hydrogen (secondary N) is 1. The van der Waals surface area contributed by atoms with Gasteiger partial charge in [0, 0.05) is 35.1 Å². The van der Waals surface area contributed by atoms with Crippen molar-refractivity contribution in [3.63, 3.8) is 0 Å². The number of hydrogen-bond acceptors (Lipinski definition) is 4. The Bertz CT molecular complexity index is 954. The molecule has 1 amide bonds. The highest BCUT2D eigenvalue weighted by Gasteiger charge is 2.37. The van der Waals surface area contributed by atoms with E-state index < -0.39 is 0 Å². The molecular weight excluding hydrogens is 397 g/mol. The van der Waals surface area contributed by atoms with Gasteiger partial charge in [0.25, 0.3) is 5.91 Å². The number of likely N-dealkylation sites (N-methyl/N-ethyl adjacent to an activating group) is 1. The molecule has 0 unspecified atom stereocenters. The Morgan fingerprint density at radius 2 is 2.00 bits per heavy atom. The summed E-state index contributed by atoms with van der Waals surface area (Å²) in [7, 11) is 2.02. The second-order valence-corrected chi connectivity index (χ2v) is 7.77. The highest BCUT2D eigenvalue weighted by molar-refractivity contribution is 6.35. The number of fused-ring (bicyclic) bond motifs is 1. The number of carbonyl (C=O) groups excluding carboxylic acids is 1. The molecule has 0 bridgehead atoms. The normalized spacial score (nSPS) is 16.5. The SMILES string of the molecule is CN1C(=CC=NNC(=O)COc2ccc(Cl)cc2Cl)C(C)(C)c2ccccc21. The van der Waals surface area contributed by atoms with Gasteiger partial charge in [-0.1, -0.05) is 55.2 Å². The third-order valence-corrected chi connectivity index (χ3v) is 5.22. The fourth-order valence-electron chi connectivity index (χ4n) is 3.29. The number of hydrazone groups is 1. The van der Waals surface area contributed by atoms with Crippen LogP contribution in [-0.4, -0.2) is 25.8 Å². The Kier molecular flexibility index (Phi) is 5.96. The van der Waals surface area contributed by atoms with Gasteiger partial charge in [0.15, 0.2) is 6.61 Å². The zero-order valence-electron chi connectivity index (χ0n) is 15.9. The summed E-state index contributed by atoms with van der Waals surface area (Å²) in [4.78, 5) is 14.0. The van der Waals surface area contributed by atoms with E-state index in [9.17, 15) is 4.79 Å². The van der Waals surface area contributed by atoms with Crippen LogP contribution in [0.3, 0.4) is 0 Å². The van der Waals surface area contributed by atoms with Crippen LogP contribution in [0.2, 0.25) is 10.0 Å². The van der Waals surface area contributed by atoms with Crippen LogP contribution in [0.15, 0.2) is 59.3 Å². The molecule has 0 spiro atoms. The van der Waals surface area contributed by atoms with Gasteiger partial charge in [0.2, 0.25) is 0 Å². The minimum atomic E-state index is -0.386. The van der Waals surface area contributed by atoms with Crippen LogP contribution in [-0.2, 0) is 10.2 Å². The lowest BCUT2D eigenvalue weighted by Gasteiger charge is -2.23. The maximum Gasteiger partial charge on any atom is 0.277 e. The Morgan fingerprint density at radius 1 is 1.25 bits per heavy atom. The quantitative estimate of drug-likeness (QED) is 0.562. The van der Waals surface area contributed by atoms with Crippen molar-refractivity contribution >= 4 is 41.0 Å². The molecule has 146 valence electrons. The van der Waals surface area contributed by atoms with Gasteiger partial charge < -0.3 is 9.64 Å². The molecule has 1 aliphatic heterocycles. The first kappa shape index (κ1) is 20.2. The number of nitrogens with zero attached hydrogens (tertiary/aromatic N) is 2. The van der Waals surface area contributed by atoms with Gasteiger partial charge in [0.1, 0.15) is 5.75 Å². The largest absolute Gasteiger partial charge is 0.482 e. The monoisotopic (exact) mass is 417 g/mol. The number of carbonyl (C=O) groups is 1. The van der Waals surface area contributed by atoms with Crippen molar-refractivity contribution in [3.8, 4) is 5.75 Å². The summed E-state index contributed by atoms with van der Waals surface area (Å²) >= 11 is 11.8. The molecule has 0 fully saturated rings. The summed E-state index contributed by atoms with van der Waals surface area (Å²) in [5.74, 6) is 0.00222. The number of ether oxygens (including phenoxy) is 1. The van der Waals surface area contributed by atoms with E-state index in [4.69, 9.17) is 27.9 Å². The zero-order chi connectivity index (χ0) is 20.3. The molecule has 0 radical (unpaired) electrons. The van der Waals surface area contributed by atoms with E-state index in [0.717, 1.165) is 5.70 Å². The summed E-state index contributed by atoms with van der Waals surface area (Å²) in [6.45, 7) is 4.13. The maximum absolute atomic E-state index is 11.9. The molecule has 28 heavy (non-hydrogen) atoms. The first-order chi connectivity index (χ1) is 13.3. The lowest BCUT2D eigenvalue weighted by atomic mass is 9.84. The summed E-state index contributed by atoms with van der Waals surface area (Å²) in [5.41, 5.74) is 5.82. The molecule has 0 saturated carbocycles. The maximum atomic E-state index is 11.9. The first-order valence-corrected chi connectivity index (χ1v) is 9.50. The molecule has 1 heterocycles. The number of halogens is 2. The van der Waals surface area contributed by atoms with Crippen molar-refractivity contribution in [1.29, 1.82) is 0 Å². The molecule has 3 rings (SSSR count). The Labute approximate surface area is 174 Å². The number of anilines is 1. The van der Waals surface area contributed by atoms with Crippen molar-refractivity contribution in [2.45, 2.75) is 19.3 Å². The van der Waals surface area contributed by atoms with Crippen molar-refractivity contribution in [1.82, 2.24) is 5.43 Å². The van der Waals surface area contributed by atoms with Crippen LogP contribution >= 0.6 is 23.2 Å². The lowest BCUT2D eigenvalue weighted by Crippen LogP contribution is -2.25. The number of rotatable bonds is 5. The standard InChI is InChI=1S/C21H21Cl2N3O2/c1-21(2)15-6-4-5-7-17(15)26(3)19(21)10-11-24-25-20(27)13-28-18-9-8-14(22)12-16(18)23/h4-12H,13H2,1-3H3,(H,25,27). The molecular formula is C21H21Cl2N3O2. The fraction of sp³-hybridized carbons (Fsp3) is 0.238. The number of amides is 1. The predicted molar refractivity (Wildman–Crippen MR) is 115 cm³/mol. The average Bonchev–Trinajstić information content (AvgIpc) is 2.85. The third-order valence-electron chi connectivity index (χ3n) is 4.69. The summed E-state index contributed by atoms with van der Waals surface area (Å²) in [6.07, 6.45) is 3.48. The van der Waals surface area contributed by atoms with Crippen LogP contribution in [0.25, 0.3) is 0 Å². The molecule has 2 aromatic rings. The van der Waals surface area contributed by atoms with E-state index in [1.807, 2.05) is 25.3 Å². The van der Waals surface area contributed by atoms with Gasteiger partial charge in [-0.2, -0.15) is 5.10 Å². The zero-order valence-corrected chi connectivity index (χ0v) is 17.4. The van der Waals surface area contributed by atoms with Gasteiger partial charge in [-0.3, -0.25) is 4.79 Å². The number of allylic oxidation sites excluding steroid dienone is 2. The Hall–Kier alpha value is -2.50. The van der Waals surface area contributed by atoms with Crippen molar-refractivity contribution in [2.24, 2.45) is 5.10 Å². The van der Waals surface area contributed by atoms with E-state index in [1.165, 1.54) is 11.3 Å². The molecule has 0 atom stereocenters. The van der Waals surface area contributed by atoms with Crippen LogP contribution in [0.5, 0.6) is 5.75 Å². The lowest BCUT2D eigenvalue weighted by molar-refractivity contribution is -0.123. The molecule has 1 aliphatic rings. The van der Waals surface area contributed by atoms with Crippen LogP contribution < -0.4 is 15.1 Å². The number of benzene rings is 2. The predicted octanol–water partition coefficient (Wildman–Crippen LogP) is 4.79. The van der Waals surface area contributed by atoms with E-state index >= 15 is 0 Å². The van der Waals surface area contributed by atoms with Gasteiger partial charge >= 0.3 is 0 Å². The summed E-state index contributed by atoms with van der Waals surface area (Å²) in [5, 5.41) is 4.83. The second-order valence-electron chi connectivity index (χ2n) is 6.93. The van der Waals surface area contributed by atoms with Gasteiger partial charge in [-0.15, -0.1) is 0 Å². The van der Waals surface area contributed by atoms with Crippen LogP contribution in [0.1, 0.15) is 19.4 Å². The molecule has 0 aliphatic carbocycles. The molecule has 0 aromatic heterocycles. The molecule has 0 saturated heterocycles. The Morgan fingerprint density at radius 3 is 2.71 bits per heavy atom. The summed E-state index contributed by atoms with van der Waals surface area (Å²) < 4.78 is 5.38. The van der Waals surface area contributed by atoms with Crippen molar-refractivity contribution in [2.75, 3.05) is 18.6 Å². The van der Waals surface area contributed by atoms with E-state index in [2.05, 4.69) is 41.4 Å². The minimum absolute atomic E-state index is 0.143. The highest BCUT2D eigenvalue weighted by atomic mass is 35.5. The fourth-order valence-corrected chi connectivity index (χ4v) is 3.75. The first-order valence-electron chi connectivity index (χ1n) is 8.74.